The maximum absolute atomic E-state index is 9.74. The van der Waals surface area contributed by atoms with E-state index >= 15 is 0 Å². The minimum Gasteiger partial charge on any atom is -0.289 e. The van der Waals surface area contributed by atoms with E-state index in [0.29, 0.717) is 0 Å². The zero-order valence-electron chi connectivity index (χ0n) is 2.77. The molecule has 0 aromatic heterocycles. The number of carbonyl (C=O) groups excluding carboxylic acids is 2. The molecule has 3 heteroatoms. The van der Waals surface area contributed by atoms with Crippen LogP contribution < -0.4 is 0 Å². The molecular formula is C3HClO2. The molecule has 2 nitrogen and oxygen atoms in total. The van der Waals surface area contributed by atoms with Crippen molar-refractivity contribution in [3.8, 4) is 0 Å². The van der Waals surface area contributed by atoms with Crippen LogP contribution in [0.5, 0.6) is 0 Å². The van der Waals surface area contributed by atoms with Crippen molar-refractivity contribution in [1.29, 1.82) is 0 Å². The Morgan fingerprint density at radius 3 is 1.50 bits per heavy atom. The van der Waals surface area contributed by atoms with Gasteiger partial charge in [-0.1, -0.05) is 0 Å². The first kappa shape index (κ1) is 3.81. The van der Waals surface area contributed by atoms with Crippen LogP contribution in [0.2, 0.25) is 0 Å². The molecule has 0 unspecified atom stereocenters. The Bertz CT molecular complexity index is 104. The second-order valence-corrected chi connectivity index (χ2v) is 1.53. The predicted molar refractivity (Wildman–Crippen MR) is 19.7 cm³/mol. The van der Waals surface area contributed by atoms with Crippen LogP contribution in [0.4, 0.5) is 0 Å². The average Bonchev–Trinajstić information content (AvgIpc) is 1.94. The van der Waals surface area contributed by atoms with Gasteiger partial charge in [-0.05, 0) is 0 Å². The number of hydrogen-bond donors (Lipinski definition) is 0. The highest BCUT2D eigenvalue weighted by Crippen LogP contribution is 2.15. The van der Waals surface area contributed by atoms with Gasteiger partial charge in [0.25, 0.3) is 0 Å². The summed E-state index contributed by atoms with van der Waals surface area (Å²) in [6.45, 7) is 0. The van der Waals surface area contributed by atoms with E-state index in [9.17, 15) is 9.59 Å². The highest BCUT2D eigenvalue weighted by molar-refractivity contribution is 6.76. The molecule has 1 saturated carbocycles. The summed E-state index contributed by atoms with van der Waals surface area (Å²) in [5.74, 6) is -0.895. The van der Waals surface area contributed by atoms with Crippen molar-refractivity contribution < 1.29 is 9.59 Å². The third kappa shape index (κ3) is 0.271. The number of ketones is 2. The van der Waals surface area contributed by atoms with Crippen molar-refractivity contribution in [2.45, 2.75) is 5.38 Å². The van der Waals surface area contributed by atoms with Gasteiger partial charge < -0.3 is 0 Å². The van der Waals surface area contributed by atoms with Gasteiger partial charge in [-0.15, -0.1) is 11.6 Å². The Kier molecular flexibility index (Phi) is 0.520. The molecule has 0 radical (unpaired) electrons. The lowest BCUT2D eigenvalue weighted by Gasteiger charge is -1.46. The molecule has 6 heavy (non-hydrogen) atoms. The lowest BCUT2D eigenvalue weighted by molar-refractivity contribution is -0.122. The topological polar surface area (TPSA) is 34.1 Å². The minimum absolute atomic E-state index is 0.448. The maximum atomic E-state index is 9.74. The summed E-state index contributed by atoms with van der Waals surface area (Å²) < 4.78 is 0. The lowest BCUT2D eigenvalue weighted by Crippen LogP contribution is -1.63. The number of rotatable bonds is 0. The number of hydrogen-bond acceptors (Lipinski definition) is 2. The van der Waals surface area contributed by atoms with Crippen molar-refractivity contribution in [3.63, 3.8) is 0 Å². The number of Topliss-reactive ketones (excluding diaryl/α,β-unsaturated/α-hetero) is 2. The van der Waals surface area contributed by atoms with Crippen molar-refractivity contribution in [2.75, 3.05) is 0 Å². The molecule has 0 atom stereocenters. The van der Waals surface area contributed by atoms with Crippen LogP contribution in [0.3, 0.4) is 0 Å². The standard InChI is InChI=1S/C3HClO2/c4-1-2(5)3(1)6/h1H. The molecule has 0 aliphatic heterocycles. The third-order valence-corrected chi connectivity index (χ3v) is 1.02. The van der Waals surface area contributed by atoms with E-state index in [-0.39, 0.29) is 0 Å². The van der Waals surface area contributed by atoms with Gasteiger partial charge >= 0.3 is 0 Å². The summed E-state index contributed by atoms with van der Waals surface area (Å²) in [5.41, 5.74) is 0. The molecule has 1 fully saturated rings. The Hall–Kier alpha value is -0.370. The zero-order valence-corrected chi connectivity index (χ0v) is 3.53. The largest absolute Gasteiger partial charge is 0.289 e. The summed E-state index contributed by atoms with van der Waals surface area (Å²) in [7, 11) is 0. The minimum atomic E-state index is -0.787. The van der Waals surface area contributed by atoms with E-state index < -0.39 is 16.9 Å². The molecule has 0 heterocycles. The van der Waals surface area contributed by atoms with E-state index in [1.807, 2.05) is 0 Å². The SMILES string of the molecule is O=C1C(=O)C1Cl. The molecule has 0 aromatic rings. The van der Waals surface area contributed by atoms with Crippen molar-refractivity contribution in [1.82, 2.24) is 0 Å². The molecule has 0 bridgehead atoms. The fourth-order valence-electron chi connectivity index (χ4n) is 0.159. The van der Waals surface area contributed by atoms with Crippen molar-refractivity contribution in [3.05, 3.63) is 0 Å². The van der Waals surface area contributed by atoms with Gasteiger partial charge in [-0.25, -0.2) is 0 Å². The van der Waals surface area contributed by atoms with E-state index in [4.69, 9.17) is 11.6 Å². The normalized spacial score (nSPS) is 22.2. The molecular weight excluding hydrogens is 103 g/mol. The van der Waals surface area contributed by atoms with Crippen LogP contribution in [-0.4, -0.2) is 16.9 Å². The van der Waals surface area contributed by atoms with Crippen LogP contribution in [0.15, 0.2) is 0 Å². The fraction of sp³-hybridized carbons (Fsp3) is 0.333. The average molecular weight is 104 g/mol. The first-order valence-corrected chi connectivity index (χ1v) is 1.89. The molecule has 32 valence electrons. The lowest BCUT2D eigenvalue weighted by atomic mass is 10.9. The molecule has 0 spiro atoms. The van der Waals surface area contributed by atoms with E-state index in [1.165, 1.54) is 0 Å². The fourth-order valence-corrected chi connectivity index (χ4v) is 0.311. The molecule has 0 N–H and O–H groups in total. The summed E-state index contributed by atoms with van der Waals surface area (Å²) in [4.78, 5) is 19.5. The Morgan fingerprint density at radius 1 is 1.33 bits per heavy atom. The summed E-state index contributed by atoms with van der Waals surface area (Å²) in [5, 5.41) is -0.787. The molecule has 0 aromatic carbocycles. The van der Waals surface area contributed by atoms with E-state index in [2.05, 4.69) is 0 Å². The number of alkyl halides is 1. The number of halogens is 1. The first-order chi connectivity index (χ1) is 2.73. The maximum Gasteiger partial charge on any atom is 0.226 e. The predicted octanol–water partition coefficient (Wildman–Crippen LogP) is -0.254. The van der Waals surface area contributed by atoms with Gasteiger partial charge in [0.2, 0.25) is 11.6 Å². The van der Waals surface area contributed by atoms with Crippen molar-refractivity contribution >= 4 is 23.2 Å². The van der Waals surface area contributed by atoms with Crippen LogP contribution in [0.1, 0.15) is 0 Å². The van der Waals surface area contributed by atoms with Crippen molar-refractivity contribution in [2.24, 2.45) is 0 Å². The summed E-state index contributed by atoms with van der Waals surface area (Å²) in [6, 6.07) is 0. The van der Waals surface area contributed by atoms with E-state index in [1.54, 1.807) is 0 Å². The van der Waals surface area contributed by atoms with E-state index in [0.717, 1.165) is 0 Å². The highest BCUT2D eigenvalue weighted by atomic mass is 35.5. The summed E-state index contributed by atoms with van der Waals surface area (Å²) in [6.07, 6.45) is 0. The highest BCUT2D eigenvalue weighted by Gasteiger charge is 2.46. The van der Waals surface area contributed by atoms with Gasteiger partial charge in [-0.3, -0.25) is 9.59 Å². The van der Waals surface area contributed by atoms with Gasteiger partial charge in [-0.2, -0.15) is 0 Å². The first-order valence-electron chi connectivity index (χ1n) is 1.45. The van der Waals surface area contributed by atoms with Gasteiger partial charge in [0.1, 0.15) is 0 Å². The Labute approximate surface area is 39.1 Å². The number of carbonyl (C=O) groups is 2. The molecule has 0 amide bonds. The Balaban J connectivity index is 2.75. The van der Waals surface area contributed by atoms with Gasteiger partial charge in [0.15, 0.2) is 5.38 Å². The monoisotopic (exact) mass is 104 g/mol. The molecule has 1 aliphatic carbocycles. The molecule has 1 aliphatic rings. The molecule has 0 saturated heterocycles. The quantitative estimate of drug-likeness (QED) is 0.241. The van der Waals surface area contributed by atoms with Crippen LogP contribution in [0, 0.1) is 0 Å². The second kappa shape index (κ2) is 0.819. The van der Waals surface area contributed by atoms with Gasteiger partial charge in [0, 0.05) is 0 Å². The second-order valence-electron chi connectivity index (χ2n) is 1.09. The third-order valence-electron chi connectivity index (χ3n) is 0.620. The van der Waals surface area contributed by atoms with Gasteiger partial charge in [0.05, 0.1) is 0 Å². The smallest absolute Gasteiger partial charge is 0.226 e. The zero-order chi connectivity index (χ0) is 4.73. The van der Waals surface area contributed by atoms with Crippen LogP contribution in [-0.2, 0) is 9.59 Å². The van der Waals surface area contributed by atoms with Crippen LogP contribution in [0.25, 0.3) is 0 Å². The Morgan fingerprint density at radius 2 is 1.50 bits per heavy atom. The molecule has 1 rings (SSSR count). The summed E-state index contributed by atoms with van der Waals surface area (Å²) >= 11 is 4.99. The van der Waals surface area contributed by atoms with Crippen LogP contribution >= 0.6 is 11.6 Å².